The number of rotatable bonds is 1. The van der Waals surface area contributed by atoms with Crippen molar-refractivity contribution < 1.29 is 0 Å². The lowest BCUT2D eigenvalue weighted by Gasteiger charge is -2.58. The van der Waals surface area contributed by atoms with E-state index in [1.165, 1.54) is 127 Å². The van der Waals surface area contributed by atoms with Gasteiger partial charge in [0.25, 0.3) is 0 Å². The largest absolute Gasteiger partial charge is 0.308 e. The van der Waals surface area contributed by atoms with E-state index in [-0.39, 0.29) is 63.6 Å². The second-order valence-corrected chi connectivity index (χ2v) is 32.4. The van der Waals surface area contributed by atoms with E-state index in [0.717, 1.165) is 105 Å². The van der Waals surface area contributed by atoms with E-state index in [0.29, 0.717) is 11.1 Å². The molecule has 0 N–H and O–H groups in total. The van der Waals surface area contributed by atoms with Gasteiger partial charge in [0.1, 0.15) is 0 Å². The molecule has 3 spiro atoms. The number of hydrogen-bond acceptors (Lipinski definition) is 4. The molecule has 0 amide bonds. The molecule has 0 fully saturated rings. The van der Waals surface area contributed by atoms with Crippen molar-refractivity contribution in [3.05, 3.63) is 398 Å². The summed E-state index contributed by atoms with van der Waals surface area (Å²) in [4.78, 5) is 0. The molecule has 12 aliphatic rings. The molecule has 0 saturated carbocycles. The van der Waals surface area contributed by atoms with Crippen LogP contribution >= 0.6 is 0 Å². The summed E-state index contributed by atoms with van der Waals surface area (Å²) in [5.74, 6) is -0.218. The molecule has 4 aromatic heterocycles. The lowest BCUT2D eigenvalue weighted by Crippen LogP contribution is -2.52. The first-order valence-corrected chi connectivity index (χ1v) is 37.2. The molecule has 9 atom stereocenters. The van der Waals surface area contributed by atoms with Gasteiger partial charge in [0, 0.05) is 107 Å². The Morgan fingerprint density at radius 2 is 0.457 bits per heavy atom. The minimum absolute atomic E-state index is 0.00889. The zero-order chi connectivity index (χ0) is 67.8. The van der Waals surface area contributed by atoms with Crippen molar-refractivity contribution >= 4 is 76.2 Å². The van der Waals surface area contributed by atoms with E-state index in [2.05, 4.69) is 276 Å². The van der Waals surface area contributed by atoms with Crippen molar-refractivity contribution in [2.24, 2.45) is 0 Å². The molecule has 474 valence electrons. The fraction of sp³-hybridized carbons (Fsp3) is 0.111. The van der Waals surface area contributed by atoms with Crippen LogP contribution in [0.2, 0.25) is 0 Å². The molecule has 14 aromatic carbocycles. The highest BCUT2D eigenvalue weighted by Crippen LogP contribution is 2.82. The van der Waals surface area contributed by atoms with Gasteiger partial charge in [0.2, 0.25) is 0 Å². The van der Waals surface area contributed by atoms with Gasteiger partial charge in [0.15, 0.2) is 0 Å². The highest BCUT2D eigenvalue weighted by atomic mass is 14.9. The summed E-state index contributed by atoms with van der Waals surface area (Å²) in [5, 5.41) is 56.9. The first kappa shape index (κ1) is 52.6. The summed E-state index contributed by atoms with van der Waals surface area (Å²) >= 11 is 0. The minimum atomic E-state index is -0.311. The highest BCUT2D eigenvalue weighted by Gasteiger charge is 2.73. The molecule has 30 rings (SSSR count). The van der Waals surface area contributed by atoms with Gasteiger partial charge in [-0.3, -0.25) is 0 Å². The molecule has 6 nitrogen and oxygen atoms in total. The van der Waals surface area contributed by atoms with Gasteiger partial charge in [-0.2, -0.15) is 21.0 Å². The molecule has 9 unspecified atom stereocenters. The van der Waals surface area contributed by atoms with Gasteiger partial charge in [-0.15, -0.1) is 0 Å². The summed E-state index contributed by atoms with van der Waals surface area (Å²) in [7, 11) is 0. The quantitative estimate of drug-likeness (QED) is 0.163. The molecule has 12 aliphatic carbocycles. The minimum Gasteiger partial charge on any atom is -0.308 e. The Bertz CT molecular complexity index is 7480. The van der Waals surface area contributed by atoms with Crippen molar-refractivity contribution in [3.63, 3.8) is 0 Å². The number of hydrogen-bond donors (Lipinski definition) is 0. The Morgan fingerprint density at radius 1 is 0.238 bits per heavy atom. The second-order valence-electron chi connectivity index (χ2n) is 32.4. The molecule has 2 bridgehead atoms. The summed E-state index contributed by atoms with van der Waals surface area (Å²) < 4.78 is 4.99. The number of aromatic nitrogens is 2. The smallest absolute Gasteiger partial charge is 0.0995 e. The normalized spacial score (nSPS) is 24.8. The molecular formula is C99H48N6. The number of nitrogens with zero attached hydrogens (tertiary/aromatic N) is 6. The van der Waals surface area contributed by atoms with Gasteiger partial charge < -0.3 is 8.80 Å². The van der Waals surface area contributed by atoms with Gasteiger partial charge in [-0.05, 0) is 193 Å². The Hall–Kier alpha value is -13.4. The van der Waals surface area contributed by atoms with Crippen LogP contribution in [0.15, 0.2) is 243 Å². The van der Waals surface area contributed by atoms with Crippen LogP contribution in [0, 0.1) is 45.3 Å². The third-order valence-corrected chi connectivity index (χ3v) is 29.7. The predicted molar refractivity (Wildman–Crippen MR) is 407 cm³/mol. The maximum absolute atomic E-state index is 11.9. The zero-order valence-electron chi connectivity index (χ0n) is 55.9. The summed E-state index contributed by atoms with van der Waals surface area (Å²) in [6.45, 7) is 0. The molecule has 0 radical (unpaired) electrons. The van der Waals surface area contributed by atoms with E-state index < -0.39 is 0 Å². The summed E-state index contributed by atoms with van der Waals surface area (Å²) in [5.41, 5.74) is 41.1. The summed E-state index contributed by atoms with van der Waals surface area (Å²) in [6, 6.07) is 103. The van der Waals surface area contributed by atoms with Gasteiger partial charge in [-0.1, -0.05) is 194 Å². The van der Waals surface area contributed by atoms with E-state index in [1.807, 2.05) is 0 Å². The van der Waals surface area contributed by atoms with Crippen LogP contribution in [0.4, 0.5) is 0 Å². The van der Waals surface area contributed by atoms with Gasteiger partial charge in [0.05, 0.1) is 79.6 Å². The first-order valence-electron chi connectivity index (χ1n) is 37.2. The molecule has 105 heavy (non-hydrogen) atoms. The Morgan fingerprint density at radius 3 is 0.724 bits per heavy atom. The van der Waals surface area contributed by atoms with Crippen LogP contribution in [-0.2, 0) is 16.2 Å². The number of benzene rings is 14. The fourth-order valence-corrected chi connectivity index (χ4v) is 26.9. The predicted octanol–water partition coefficient (Wildman–Crippen LogP) is 20.8. The average Bonchev–Trinajstić information content (AvgIpc) is 1.47. The zero-order valence-corrected chi connectivity index (χ0v) is 55.9. The average molecular weight is 1320 g/mol. The van der Waals surface area contributed by atoms with Crippen LogP contribution in [0.3, 0.4) is 0 Å². The number of nitriles is 4. The lowest BCUT2D eigenvalue weighted by molar-refractivity contribution is 0.333. The Labute approximate surface area is 599 Å². The lowest BCUT2D eigenvalue weighted by atomic mass is 9.43. The van der Waals surface area contributed by atoms with Crippen LogP contribution in [0.5, 0.6) is 0 Å². The maximum Gasteiger partial charge on any atom is 0.0995 e. The SMILES string of the molecule is N#Cc1cc2c(c3c1C1c4ccccc4C3c3ccccc31)c1cc(-c3cc4c5c6c(c(C#N)cc5n5c7cc(C#N)c8c(c7c(c3)c45)C3c4ccccc4C34c3ccccc3C84)C3c4ccccc4C34c3ccccc3C64)cc3c4c5c(c(C#N)cc4n2c13)C1c2ccccc2C12c1ccccc1C52. The van der Waals surface area contributed by atoms with E-state index in [9.17, 15) is 21.0 Å². The maximum atomic E-state index is 11.9. The highest BCUT2D eigenvalue weighted by molar-refractivity contribution is 6.30. The van der Waals surface area contributed by atoms with Crippen LogP contribution in [-0.4, -0.2) is 8.80 Å². The van der Waals surface area contributed by atoms with Crippen molar-refractivity contribution in [1.82, 2.24) is 8.80 Å². The van der Waals surface area contributed by atoms with Crippen LogP contribution in [0.1, 0.15) is 203 Å². The molecule has 4 heterocycles. The molecular weight excluding hydrogens is 1270 g/mol. The third-order valence-electron chi connectivity index (χ3n) is 29.7. The van der Waals surface area contributed by atoms with Crippen molar-refractivity contribution in [2.75, 3.05) is 0 Å². The first-order chi connectivity index (χ1) is 52.0. The van der Waals surface area contributed by atoms with E-state index in [1.54, 1.807) is 0 Å². The fourth-order valence-electron chi connectivity index (χ4n) is 26.9. The number of fused-ring (bicyclic) bond motifs is 36. The third kappa shape index (κ3) is 4.86. The Balaban J connectivity index is 0.806. The molecule has 0 aliphatic heterocycles. The van der Waals surface area contributed by atoms with Crippen molar-refractivity contribution in [3.8, 4) is 35.4 Å². The monoisotopic (exact) mass is 1320 g/mol. The molecule has 6 heteroatoms. The van der Waals surface area contributed by atoms with E-state index >= 15 is 0 Å². The van der Waals surface area contributed by atoms with Gasteiger partial charge in [-0.25, -0.2) is 0 Å². The van der Waals surface area contributed by atoms with Gasteiger partial charge >= 0.3 is 0 Å². The Kier molecular flexibility index (Phi) is 8.22. The van der Waals surface area contributed by atoms with E-state index in [4.69, 9.17) is 0 Å². The second kappa shape index (κ2) is 16.4. The van der Waals surface area contributed by atoms with Crippen molar-refractivity contribution in [2.45, 2.75) is 63.6 Å². The van der Waals surface area contributed by atoms with Crippen LogP contribution in [0.25, 0.3) is 87.3 Å². The topological polar surface area (TPSA) is 104 Å². The molecule has 18 aromatic rings. The standard InChI is InChI=1S/C99H48N6/c100-41-47-37-71-81(85-75(47)79-51-17-1-3-19-53(51)80(85)54-20-4-2-18-52(54)79)61-33-45(34-62-82-72(104(71)95(61)62)38-48(42-101)76-86(82)92-58-24-8-14-30-68(58)97(92)65-27-11-5-21-55(65)89(76)97)46-35-63-83-73(39-49(43-102)77-87(83)93-59-25-9-15-31-69(59)98(93)66-28-12-6-22-56(66)90(77)98)105-74-40-50(44-103)78-88(84(74)64(36-46)96(63)105)94-60-26-10-16-32-70(60)99(94)67-29-13-7-23-57(67)91(78)99/h1-40,79-80,89-94H. The van der Waals surface area contributed by atoms with Crippen LogP contribution < -0.4 is 0 Å². The van der Waals surface area contributed by atoms with Crippen molar-refractivity contribution in [1.29, 1.82) is 21.0 Å². The summed E-state index contributed by atoms with van der Waals surface area (Å²) in [6.07, 6.45) is 0. The molecule has 0 saturated heterocycles.